The predicted octanol–water partition coefficient (Wildman–Crippen LogP) is 8.41. The van der Waals surface area contributed by atoms with E-state index in [0.29, 0.717) is 44.4 Å². The van der Waals surface area contributed by atoms with Gasteiger partial charge in [0.05, 0.1) is 22.6 Å². The molecule has 37 heavy (non-hydrogen) atoms. The number of hydrogen-bond donors (Lipinski definition) is 0. The minimum absolute atomic E-state index is 0.0694. The lowest BCUT2D eigenvalue weighted by Crippen LogP contribution is -2.44. The molecule has 0 spiro atoms. The first-order valence-corrected chi connectivity index (χ1v) is 12.8. The number of rotatable bonds is 10. The fraction of sp³-hybridized carbons (Fsp3) is 0.552. The molecule has 1 aliphatic rings. The van der Waals surface area contributed by atoms with Crippen molar-refractivity contribution in [1.29, 1.82) is 5.26 Å². The van der Waals surface area contributed by atoms with Crippen LogP contribution in [0.5, 0.6) is 0 Å². The van der Waals surface area contributed by atoms with E-state index in [4.69, 9.17) is 0 Å². The molecule has 2 aromatic carbocycles. The maximum atomic E-state index is 14.1. The fourth-order valence-electron chi connectivity index (χ4n) is 5.64. The van der Waals surface area contributed by atoms with Crippen molar-refractivity contribution in [3.63, 3.8) is 0 Å². The molecule has 0 amide bonds. The van der Waals surface area contributed by atoms with Gasteiger partial charge in [0, 0.05) is 18.6 Å². The lowest BCUT2D eigenvalue weighted by molar-refractivity contribution is -0.145. The monoisotopic (exact) mass is 524 g/mol. The van der Waals surface area contributed by atoms with Gasteiger partial charge in [-0.3, -0.25) is 4.90 Å². The summed E-state index contributed by atoms with van der Waals surface area (Å²) in [6, 6.07) is 14.0. The Labute approximate surface area is 215 Å². The second-order valence-corrected chi connectivity index (χ2v) is 10.4. The van der Waals surface area contributed by atoms with Crippen LogP contribution in [0.3, 0.4) is 0 Å². The van der Waals surface area contributed by atoms with Crippen LogP contribution in [0.15, 0.2) is 48.5 Å². The number of nitriles is 1. The van der Waals surface area contributed by atoms with Crippen molar-refractivity contribution in [1.82, 2.24) is 4.90 Å². The average Bonchev–Trinajstić information content (AvgIpc) is 2.79. The smallest absolute Gasteiger partial charge is 0.298 e. The Morgan fingerprint density at radius 2 is 1.46 bits per heavy atom. The largest absolute Gasteiger partial charge is 0.416 e. The van der Waals surface area contributed by atoms with Gasteiger partial charge >= 0.3 is 12.4 Å². The minimum atomic E-state index is -5.01. The molecule has 3 rings (SSSR count). The molecule has 2 aromatic rings. The van der Waals surface area contributed by atoms with Crippen LogP contribution < -0.4 is 0 Å². The molecule has 1 saturated carbocycles. The van der Waals surface area contributed by atoms with Gasteiger partial charge in [-0.2, -0.15) is 31.6 Å². The van der Waals surface area contributed by atoms with Gasteiger partial charge in [-0.1, -0.05) is 42.8 Å². The molecular weight excluding hydrogens is 490 g/mol. The van der Waals surface area contributed by atoms with E-state index in [1.165, 1.54) is 0 Å². The maximum absolute atomic E-state index is 14.1. The van der Waals surface area contributed by atoms with Gasteiger partial charge in [0.1, 0.15) is 0 Å². The Hall–Kier alpha value is -2.53. The van der Waals surface area contributed by atoms with Crippen molar-refractivity contribution in [2.45, 2.75) is 89.1 Å². The van der Waals surface area contributed by atoms with E-state index < -0.39 is 40.4 Å². The van der Waals surface area contributed by atoms with Gasteiger partial charge in [0.2, 0.25) is 0 Å². The maximum Gasteiger partial charge on any atom is 0.416 e. The topological polar surface area (TPSA) is 27.0 Å². The molecule has 0 saturated heterocycles. The van der Waals surface area contributed by atoms with E-state index >= 15 is 0 Å². The zero-order valence-corrected chi connectivity index (χ0v) is 21.5. The van der Waals surface area contributed by atoms with Crippen LogP contribution in [-0.4, -0.2) is 23.5 Å². The molecule has 202 valence electrons. The first-order chi connectivity index (χ1) is 17.3. The Balaban J connectivity index is 1.98. The Kier molecular flexibility index (Phi) is 9.00. The van der Waals surface area contributed by atoms with Crippen LogP contribution in [-0.2, 0) is 24.2 Å². The molecule has 0 bridgehead atoms. The van der Waals surface area contributed by atoms with Crippen LogP contribution in [0.1, 0.15) is 75.1 Å². The molecule has 0 heterocycles. The van der Waals surface area contributed by atoms with E-state index in [-0.39, 0.29) is 18.5 Å². The van der Waals surface area contributed by atoms with E-state index in [1.807, 2.05) is 57.2 Å². The van der Waals surface area contributed by atoms with E-state index in [9.17, 15) is 31.6 Å². The van der Waals surface area contributed by atoms with E-state index in [2.05, 4.69) is 4.90 Å². The molecule has 1 aliphatic carbocycles. The lowest BCUT2D eigenvalue weighted by atomic mass is 9.58. The molecular formula is C29H34F6N2. The number of benzene rings is 2. The van der Waals surface area contributed by atoms with Crippen molar-refractivity contribution in [2.75, 3.05) is 6.54 Å². The number of halogens is 6. The summed E-state index contributed by atoms with van der Waals surface area (Å²) < 4.78 is 84.5. The average molecular weight is 525 g/mol. The van der Waals surface area contributed by atoms with Crippen molar-refractivity contribution in [3.8, 4) is 6.07 Å². The van der Waals surface area contributed by atoms with Gasteiger partial charge in [0.15, 0.2) is 0 Å². The quantitative estimate of drug-likeness (QED) is 0.292. The zero-order chi connectivity index (χ0) is 27.4. The first kappa shape index (κ1) is 29.0. The molecule has 2 nitrogen and oxygen atoms in total. The lowest BCUT2D eigenvalue weighted by Gasteiger charge is -2.44. The van der Waals surface area contributed by atoms with Crippen molar-refractivity contribution < 1.29 is 26.3 Å². The molecule has 2 atom stereocenters. The van der Waals surface area contributed by atoms with Crippen molar-refractivity contribution in [3.05, 3.63) is 70.8 Å². The summed E-state index contributed by atoms with van der Waals surface area (Å²) in [5, 5.41) is 10.4. The van der Waals surface area contributed by atoms with Gasteiger partial charge < -0.3 is 0 Å². The second-order valence-electron chi connectivity index (χ2n) is 10.4. The summed E-state index contributed by atoms with van der Waals surface area (Å²) in [5.74, 6) is -0.550. The van der Waals surface area contributed by atoms with Gasteiger partial charge in [0.25, 0.3) is 0 Å². The van der Waals surface area contributed by atoms with Crippen LogP contribution in [0.4, 0.5) is 26.3 Å². The summed E-state index contributed by atoms with van der Waals surface area (Å²) in [4.78, 5) is 2.20. The highest BCUT2D eigenvalue weighted by Crippen LogP contribution is 2.53. The van der Waals surface area contributed by atoms with E-state index in [1.54, 1.807) is 0 Å². The predicted molar refractivity (Wildman–Crippen MR) is 132 cm³/mol. The zero-order valence-electron chi connectivity index (χ0n) is 21.5. The van der Waals surface area contributed by atoms with Gasteiger partial charge in [-0.05, 0) is 82.1 Å². The van der Waals surface area contributed by atoms with Crippen LogP contribution in [0.2, 0.25) is 0 Å². The van der Waals surface area contributed by atoms with Gasteiger partial charge in [-0.25, -0.2) is 0 Å². The third kappa shape index (κ3) is 6.49. The first-order valence-electron chi connectivity index (χ1n) is 12.8. The summed E-state index contributed by atoms with van der Waals surface area (Å²) in [6.45, 7) is 6.67. The van der Waals surface area contributed by atoms with Crippen LogP contribution >= 0.6 is 0 Å². The van der Waals surface area contributed by atoms with Crippen LogP contribution in [0, 0.1) is 17.2 Å². The Morgan fingerprint density at radius 1 is 0.892 bits per heavy atom. The standard InChI is InChI=1S/C29H34F6N2/c1-20(2)37(18-16-22-9-5-4-6-10-22)21(3)15-17-27(19-36,23-11-7-12-23)26-24(28(30,31)32)13-8-14-25(26)29(33,34)35/h4-6,8-10,13-14,20-21,23H,7,11-12,15-18H2,1-3H3. The fourth-order valence-corrected chi connectivity index (χ4v) is 5.64. The number of alkyl halides is 6. The third-order valence-electron chi connectivity index (χ3n) is 7.81. The summed E-state index contributed by atoms with van der Waals surface area (Å²) in [7, 11) is 0. The number of nitrogens with zero attached hydrogens (tertiary/aromatic N) is 2. The molecule has 1 fully saturated rings. The van der Waals surface area contributed by atoms with E-state index in [0.717, 1.165) is 18.1 Å². The summed E-state index contributed by atoms with van der Waals surface area (Å²) >= 11 is 0. The third-order valence-corrected chi connectivity index (χ3v) is 7.81. The molecule has 8 heteroatoms. The Morgan fingerprint density at radius 3 is 1.89 bits per heavy atom. The highest BCUT2D eigenvalue weighted by Gasteiger charge is 2.52. The highest BCUT2D eigenvalue weighted by atomic mass is 19.4. The molecule has 0 radical (unpaired) electrons. The van der Waals surface area contributed by atoms with Gasteiger partial charge in [-0.15, -0.1) is 0 Å². The summed E-state index contributed by atoms with van der Waals surface area (Å²) in [5.41, 5.74) is -4.32. The molecule has 0 aliphatic heterocycles. The van der Waals surface area contributed by atoms with Crippen molar-refractivity contribution in [2.24, 2.45) is 5.92 Å². The van der Waals surface area contributed by atoms with Crippen LogP contribution in [0.25, 0.3) is 0 Å². The normalized spacial score (nSPS) is 17.4. The summed E-state index contributed by atoms with van der Waals surface area (Å²) in [6.07, 6.45) is -7.44. The van der Waals surface area contributed by atoms with Crippen molar-refractivity contribution >= 4 is 0 Å². The SMILES string of the molecule is CC(C)N(CCc1ccccc1)C(C)CCC(C#N)(c1c(C(F)(F)F)cccc1C(F)(F)F)C1CCC1. The highest BCUT2D eigenvalue weighted by molar-refractivity contribution is 5.49. The molecule has 2 unspecified atom stereocenters. The Bertz CT molecular complexity index is 1030. The second kappa shape index (κ2) is 11.5. The number of hydrogen-bond acceptors (Lipinski definition) is 2. The molecule has 0 N–H and O–H groups in total. The molecule has 0 aromatic heterocycles. The minimum Gasteiger partial charge on any atom is -0.298 e.